The van der Waals surface area contributed by atoms with Gasteiger partial charge < -0.3 is 10.4 Å². The average Bonchev–Trinajstić information content (AvgIpc) is 2.42. The van der Waals surface area contributed by atoms with Crippen LogP contribution in [0.5, 0.6) is 0 Å². The van der Waals surface area contributed by atoms with E-state index in [1.807, 2.05) is 32.0 Å². The van der Waals surface area contributed by atoms with E-state index in [4.69, 9.17) is 0 Å². The Bertz CT molecular complexity index is 546. The molecule has 0 heterocycles. The predicted molar refractivity (Wildman–Crippen MR) is 88.8 cm³/mol. The standard InChI is InChI=1S/C15H18Br2N2O2/c1-3-4-15(8-18,9-20)19-14(21)7-12-10(2)5-11(16)6-13(12)17/h5-6,20H,3-4,7,9H2,1-2H3,(H,19,21). The second-order valence-corrected chi connectivity index (χ2v) is 6.78. The number of halogens is 2. The van der Waals surface area contributed by atoms with Gasteiger partial charge in [-0.2, -0.15) is 5.26 Å². The van der Waals surface area contributed by atoms with Crippen LogP contribution >= 0.6 is 31.9 Å². The van der Waals surface area contributed by atoms with Crippen LogP contribution in [0.4, 0.5) is 0 Å². The number of aryl methyl sites for hydroxylation is 1. The lowest BCUT2D eigenvalue weighted by Gasteiger charge is -2.25. The minimum absolute atomic E-state index is 0.160. The van der Waals surface area contributed by atoms with Crippen molar-refractivity contribution >= 4 is 37.8 Å². The molecule has 0 aliphatic rings. The highest BCUT2D eigenvalue weighted by atomic mass is 79.9. The van der Waals surface area contributed by atoms with Gasteiger partial charge in [0, 0.05) is 8.95 Å². The Morgan fingerprint density at radius 1 is 1.48 bits per heavy atom. The summed E-state index contributed by atoms with van der Waals surface area (Å²) < 4.78 is 1.77. The van der Waals surface area contributed by atoms with Gasteiger partial charge in [-0.15, -0.1) is 0 Å². The van der Waals surface area contributed by atoms with Crippen LogP contribution in [0.15, 0.2) is 21.1 Å². The van der Waals surface area contributed by atoms with E-state index in [2.05, 4.69) is 37.2 Å². The lowest BCUT2D eigenvalue weighted by atomic mass is 9.95. The monoisotopic (exact) mass is 416 g/mol. The van der Waals surface area contributed by atoms with Crippen LogP contribution in [-0.4, -0.2) is 23.2 Å². The predicted octanol–water partition coefficient (Wildman–Crippen LogP) is 3.23. The number of carbonyl (C=O) groups is 1. The van der Waals surface area contributed by atoms with Crippen LogP contribution in [0.3, 0.4) is 0 Å². The second kappa shape index (κ2) is 7.92. The lowest BCUT2D eigenvalue weighted by Crippen LogP contribution is -2.50. The van der Waals surface area contributed by atoms with Gasteiger partial charge in [0.1, 0.15) is 0 Å². The Labute approximate surface area is 141 Å². The van der Waals surface area contributed by atoms with E-state index in [-0.39, 0.29) is 18.9 Å². The number of nitrogens with one attached hydrogen (secondary N) is 1. The molecule has 0 aromatic heterocycles. The number of benzene rings is 1. The number of hydrogen-bond acceptors (Lipinski definition) is 3. The lowest BCUT2D eigenvalue weighted by molar-refractivity contribution is -0.122. The Morgan fingerprint density at radius 3 is 2.62 bits per heavy atom. The smallest absolute Gasteiger partial charge is 0.225 e. The number of hydrogen-bond donors (Lipinski definition) is 2. The van der Waals surface area contributed by atoms with E-state index in [1.54, 1.807) is 0 Å². The zero-order valence-electron chi connectivity index (χ0n) is 12.0. The highest BCUT2D eigenvalue weighted by Gasteiger charge is 2.30. The molecule has 6 heteroatoms. The molecule has 1 amide bonds. The number of nitrogens with zero attached hydrogens (tertiary/aromatic N) is 1. The minimum Gasteiger partial charge on any atom is -0.393 e. The first-order chi connectivity index (χ1) is 9.87. The third-order valence-electron chi connectivity index (χ3n) is 3.26. The summed E-state index contributed by atoms with van der Waals surface area (Å²) in [4.78, 5) is 12.2. The Hall–Kier alpha value is -0.900. The van der Waals surface area contributed by atoms with Crippen LogP contribution in [0.2, 0.25) is 0 Å². The minimum atomic E-state index is -1.19. The molecule has 1 aromatic carbocycles. The molecular weight excluding hydrogens is 400 g/mol. The van der Waals surface area contributed by atoms with E-state index in [0.29, 0.717) is 12.8 Å². The van der Waals surface area contributed by atoms with Gasteiger partial charge in [-0.25, -0.2) is 0 Å². The Kier molecular flexibility index (Phi) is 6.85. The van der Waals surface area contributed by atoms with Gasteiger partial charge in [0.05, 0.1) is 19.1 Å². The van der Waals surface area contributed by atoms with Crippen LogP contribution < -0.4 is 5.32 Å². The van der Waals surface area contributed by atoms with Crippen LogP contribution in [0, 0.1) is 18.3 Å². The summed E-state index contributed by atoms with van der Waals surface area (Å²) >= 11 is 6.84. The normalized spacial score (nSPS) is 13.3. The highest BCUT2D eigenvalue weighted by molar-refractivity contribution is 9.11. The number of carbonyl (C=O) groups excluding carboxylic acids is 1. The molecule has 2 N–H and O–H groups in total. The molecule has 4 nitrogen and oxygen atoms in total. The summed E-state index contributed by atoms with van der Waals surface area (Å²) in [5, 5.41) is 21.3. The van der Waals surface area contributed by atoms with E-state index in [9.17, 15) is 15.2 Å². The first kappa shape index (κ1) is 18.1. The number of nitriles is 1. The van der Waals surface area contributed by atoms with Crippen LogP contribution in [0.1, 0.15) is 30.9 Å². The van der Waals surface area contributed by atoms with Gasteiger partial charge in [0.25, 0.3) is 0 Å². The summed E-state index contributed by atoms with van der Waals surface area (Å²) in [7, 11) is 0. The van der Waals surface area contributed by atoms with E-state index < -0.39 is 5.54 Å². The summed E-state index contributed by atoms with van der Waals surface area (Å²) in [6.07, 6.45) is 1.29. The van der Waals surface area contributed by atoms with Crippen molar-refractivity contribution < 1.29 is 9.90 Å². The van der Waals surface area contributed by atoms with Crippen molar-refractivity contribution in [1.29, 1.82) is 5.26 Å². The van der Waals surface area contributed by atoms with Crippen molar-refractivity contribution in [1.82, 2.24) is 5.32 Å². The molecule has 0 bridgehead atoms. The van der Waals surface area contributed by atoms with E-state index in [1.165, 1.54) is 0 Å². The average molecular weight is 418 g/mol. The van der Waals surface area contributed by atoms with E-state index in [0.717, 1.165) is 20.1 Å². The maximum absolute atomic E-state index is 12.2. The molecule has 1 aromatic rings. The molecule has 0 spiro atoms. The van der Waals surface area contributed by atoms with Gasteiger partial charge in [-0.05, 0) is 36.6 Å². The van der Waals surface area contributed by atoms with Gasteiger partial charge >= 0.3 is 0 Å². The van der Waals surface area contributed by atoms with Crippen molar-refractivity contribution in [2.24, 2.45) is 0 Å². The molecule has 1 rings (SSSR count). The van der Waals surface area contributed by atoms with Crippen molar-refractivity contribution in [2.45, 2.75) is 38.6 Å². The Balaban J connectivity index is 2.90. The van der Waals surface area contributed by atoms with Crippen molar-refractivity contribution in [2.75, 3.05) is 6.61 Å². The topological polar surface area (TPSA) is 73.1 Å². The SMILES string of the molecule is CCCC(C#N)(CO)NC(=O)Cc1c(C)cc(Br)cc1Br. The zero-order valence-corrected chi connectivity index (χ0v) is 15.2. The van der Waals surface area contributed by atoms with Crippen LogP contribution in [0.25, 0.3) is 0 Å². The van der Waals surface area contributed by atoms with Gasteiger partial charge in [0.15, 0.2) is 5.54 Å². The van der Waals surface area contributed by atoms with Gasteiger partial charge in [-0.1, -0.05) is 45.2 Å². The summed E-state index contributed by atoms with van der Waals surface area (Å²) in [5.74, 6) is -0.273. The van der Waals surface area contributed by atoms with Crippen molar-refractivity contribution in [3.8, 4) is 6.07 Å². The zero-order chi connectivity index (χ0) is 16.0. The summed E-state index contributed by atoms with van der Waals surface area (Å²) in [5.41, 5.74) is 0.659. The molecule has 0 aliphatic heterocycles. The number of amides is 1. The largest absolute Gasteiger partial charge is 0.393 e. The number of rotatable bonds is 6. The molecule has 21 heavy (non-hydrogen) atoms. The Morgan fingerprint density at radius 2 is 2.14 bits per heavy atom. The van der Waals surface area contributed by atoms with Crippen molar-refractivity contribution in [3.05, 3.63) is 32.2 Å². The maximum Gasteiger partial charge on any atom is 0.225 e. The highest BCUT2D eigenvalue weighted by Crippen LogP contribution is 2.26. The molecule has 0 aliphatic carbocycles. The first-order valence-electron chi connectivity index (χ1n) is 6.65. The third-order valence-corrected chi connectivity index (χ3v) is 4.43. The van der Waals surface area contributed by atoms with Crippen molar-refractivity contribution in [3.63, 3.8) is 0 Å². The molecule has 1 unspecified atom stereocenters. The van der Waals surface area contributed by atoms with E-state index >= 15 is 0 Å². The summed E-state index contributed by atoms with van der Waals surface area (Å²) in [6, 6.07) is 5.83. The van der Waals surface area contributed by atoms with Crippen LogP contribution in [-0.2, 0) is 11.2 Å². The fourth-order valence-electron chi connectivity index (χ4n) is 2.15. The molecule has 0 saturated carbocycles. The maximum atomic E-state index is 12.2. The fraction of sp³-hybridized carbons (Fsp3) is 0.467. The molecule has 0 radical (unpaired) electrons. The number of aliphatic hydroxyl groups excluding tert-OH is 1. The molecule has 1 atom stereocenters. The summed E-state index contributed by atoms with van der Waals surface area (Å²) in [6.45, 7) is 3.45. The quantitative estimate of drug-likeness (QED) is 0.746. The van der Waals surface area contributed by atoms with Gasteiger partial charge in [-0.3, -0.25) is 4.79 Å². The fourth-order valence-corrected chi connectivity index (χ4v) is 3.73. The molecule has 0 saturated heterocycles. The second-order valence-electron chi connectivity index (χ2n) is 5.01. The first-order valence-corrected chi connectivity index (χ1v) is 8.23. The molecule has 114 valence electrons. The molecular formula is C15H18Br2N2O2. The third kappa shape index (κ3) is 4.80. The molecule has 0 fully saturated rings. The van der Waals surface area contributed by atoms with Gasteiger partial charge in [0.2, 0.25) is 5.91 Å². The number of aliphatic hydroxyl groups is 1.